The summed E-state index contributed by atoms with van der Waals surface area (Å²) in [4.78, 5) is 10.1. The summed E-state index contributed by atoms with van der Waals surface area (Å²) < 4.78 is 0.572. The Hall–Kier alpha value is -0.510. The minimum Gasteiger partial charge on any atom is -0.611 e. The molecule has 38 valence electrons. The molecule has 0 atom stereocenters. The van der Waals surface area contributed by atoms with Gasteiger partial charge >= 0.3 is 0 Å². The van der Waals surface area contributed by atoms with Gasteiger partial charge in [-0.3, -0.25) is 4.79 Å². The zero-order valence-electron chi connectivity index (χ0n) is 3.46. The molecule has 0 N–H and O–H groups in total. The molecule has 0 aromatic carbocycles. The predicted molar refractivity (Wildman–Crippen MR) is 27.2 cm³/mol. The molecular formula is C3H3NO2S. The number of carbonyl (C=O) groups is 1. The quantitative estimate of drug-likeness (QED) is 0.250. The van der Waals surface area contributed by atoms with Gasteiger partial charge in [-0.15, -0.1) is 4.14 Å². The summed E-state index contributed by atoms with van der Waals surface area (Å²) in [5, 5.41) is 10.1. The van der Waals surface area contributed by atoms with Crippen molar-refractivity contribution in [2.24, 2.45) is 0 Å². The zero-order chi connectivity index (χ0) is 5.28. The molecule has 0 aromatic rings. The van der Waals surface area contributed by atoms with Gasteiger partial charge in [0.05, 0.1) is 0 Å². The van der Waals surface area contributed by atoms with Gasteiger partial charge in [0.2, 0.25) is 12.0 Å². The third kappa shape index (κ3) is 0.928. The molecule has 3 nitrogen and oxygen atoms in total. The maximum atomic E-state index is 10.1. The monoisotopic (exact) mass is 117 g/mol. The maximum absolute atomic E-state index is 10.1. The summed E-state index contributed by atoms with van der Waals surface area (Å²) in [7, 11) is 0. The van der Waals surface area contributed by atoms with Gasteiger partial charge in [0, 0.05) is 0 Å². The van der Waals surface area contributed by atoms with E-state index in [2.05, 4.69) is 0 Å². The van der Waals surface area contributed by atoms with Gasteiger partial charge in [0.15, 0.2) is 11.9 Å². The van der Waals surface area contributed by atoms with E-state index in [1.165, 1.54) is 0 Å². The molecule has 4 heteroatoms. The van der Waals surface area contributed by atoms with Crippen LogP contribution in [-0.4, -0.2) is 21.9 Å². The van der Waals surface area contributed by atoms with Crippen LogP contribution in [0.1, 0.15) is 0 Å². The second kappa shape index (κ2) is 1.54. The van der Waals surface area contributed by atoms with E-state index in [4.69, 9.17) is 0 Å². The van der Waals surface area contributed by atoms with E-state index in [-0.39, 0.29) is 5.78 Å². The maximum Gasteiger partial charge on any atom is 0.236 e. The van der Waals surface area contributed by atoms with E-state index in [1.807, 2.05) is 0 Å². The molecule has 0 aliphatic carbocycles. The molecule has 0 saturated heterocycles. The third-order valence-electron chi connectivity index (χ3n) is 0.583. The van der Waals surface area contributed by atoms with Gasteiger partial charge in [0.25, 0.3) is 0 Å². The number of ketones is 1. The van der Waals surface area contributed by atoms with Crippen LogP contribution in [0, 0.1) is 5.21 Å². The number of rotatable bonds is 0. The van der Waals surface area contributed by atoms with Crippen LogP contribution < -0.4 is 0 Å². The van der Waals surface area contributed by atoms with Crippen LogP contribution in [0.25, 0.3) is 0 Å². The topological polar surface area (TPSA) is 43.1 Å². The van der Waals surface area contributed by atoms with Crippen LogP contribution in [-0.2, 0) is 4.79 Å². The Morgan fingerprint density at radius 2 is 2.71 bits per heavy atom. The average Bonchev–Trinajstić information content (AvgIpc) is 1.87. The number of carbonyl (C=O) groups excluding carboxylic acids is 1. The second-order valence-electron chi connectivity index (χ2n) is 1.15. The molecule has 0 saturated carbocycles. The second-order valence-corrected chi connectivity index (χ2v) is 2.06. The first-order valence-electron chi connectivity index (χ1n) is 1.76. The predicted octanol–water partition coefficient (Wildman–Crippen LogP) is -0.202. The minimum absolute atomic E-state index is 0.0972. The summed E-state index contributed by atoms with van der Waals surface area (Å²) in [6.07, 6.45) is 1.05. The molecule has 0 aromatic heterocycles. The molecule has 0 unspecified atom stereocenters. The summed E-state index contributed by atoms with van der Waals surface area (Å²) in [5.41, 5.74) is 0. The van der Waals surface area contributed by atoms with Crippen LogP contribution in [0.2, 0.25) is 0 Å². The van der Waals surface area contributed by atoms with Crippen molar-refractivity contribution in [3.8, 4) is 0 Å². The summed E-state index contributed by atoms with van der Waals surface area (Å²) in [5.74, 6) is 0.212. The molecular weight excluding hydrogens is 114 g/mol. The number of Topliss-reactive ketones (excluding diaryl/α,β-unsaturated/α-hetero) is 1. The van der Waals surface area contributed by atoms with E-state index < -0.39 is 0 Å². The van der Waals surface area contributed by atoms with Gasteiger partial charge < -0.3 is 5.21 Å². The fourth-order valence-corrected chi connectivity index (χ4v) is 0.840. The third-order valence-corrected chi connectivity index (χ3v) is 1.36. The Kier molecular flexibility index (Phi) is 1.02. The van der Waals surface area contributed by atoms with E-state index in [0.717, 1.165) is 18.2 Å². The van der Waals surface area contributed by atoms with Gasteiger partial charge in [0.1, 0.15) is 5.75 Å². The van der Waals surface area contributed by atoms with Crippen molar-refractivity contribution >= 4 is 23.9 Å². The fraction of sp³-hybridized carbons (Fsp3) is 0.333. The molecule has 0 spiro atoms. The molecule has 0 radical (unpaired) electrons. The molecule has 1 aliphatic heterocycles. The SMILES string of the molecule is O=C1C=[N+]([O-])SC1. The Morgan fingerprint density at radius 1 is 2.00 bits per heavy atom. The lowest BCUT2D eigenvalue weighted by Gasteiger charge is -1.84. The van der Waals surface area contributed by atoms with Crippen molar-refractivity contribution in [1.82, 2.24) is 0 Å². The van der Waals surface area contributed by atoms with Crippen LogP contribution >= 0.6 is 11.9 Å². The molecule has 0 amide bonds. The number of hydrogen-bond donors (Lipinski definition) is 0. The molecule has 1 heterocycles. The first-order chi connectivity index (χ1) is 3.29. The number of nitrogens with zero attached hydrogens (tertiary/aromatic N) is 1. The van der Waals surface area contributed by atoms with Gasteiger partial charge in [-0.1, -0.05) is 0 Å². The van der Waals surface area contributed by atoms with Crippen molar-refractivity contribution in [2.45, 2.75) is 0 Å². The van der Waals surface area contributed by atoms with Gasteiger partial charge in [-0.25, -0.2) is 0 Å². The standard InChI is InChI=1S/C3H3NO2S/c5-3-1-4(6)7-2-3/h1H,2H2. The lowest BCUT2D eigenvalue weighted by molar-refractivity contribution is -0.248. The fourth-order valence-electron chi connectivity index (χ4n) is 0.319. The normalized spacial score (nSPS) is 20.0. The van der Waals surface area contributed by atoms with Crippen molar-refractivity contribution in [3.05, 3.63) is 5.21 Å². The first kappa shape index (κ1) is 4.64. The Balaban J connectivity index is 2.67. The lowest BCUT2D eigenvalue weighted by atomic mass is 10.5. The Morgan fingerprint density at radius 3 is 2.86 bits per heavy atom. The summed E-state index contributed by atoms with van der Waals surface area (Å²) in [6, 6.07) is 0. The van der Waals surface area contributed by atoms with E-state index in [0.29, 0.717) is 9.90 Å². The van der Waals surface area contributed by atoms with E-state index in [9.17, 15) is 10.0 Å². The van der Waals surface area contributed by atoms with Crippen molar-refractivity contribution in [1.29, 1.82) is 0 Å². The van der Waals surface area contributed by atoms with E-state index >= 15 is 0 Å². The summed E-state index contributed by atoms with van der Waals surface area (Å²) >= 11 is 0.978. The van der Waals surface area contributed by atoms with Crippen LogP contribution in [0.4, 0.5) is 0 Å². The van der Waals surface area contributed by atoms with Crippen LogP contribution in [0.5, 0.6) is 0 Å². The molecule has 7 heavy (non-hydrogen) atoms. The van der Waals surface area contributed by atoms with Gasteiger partial charge in [-0.2, -0.15) is 0 Å². The van der Waals surface area contributed by atoms with Crippen molar-refractivity contribution in [3.63, 3.8) is 0 Å². The average molecular weight is 117 g/mol. The zero-order valence-corrected chi connectivity index (χ0v) is 4.27. The largest absolute Gasteiger partial charge is 0.611 e. The lowest BCUT2D eigenvalue weighted by Crippen LogP contribution is -1.95. The first-order valence-corrected chi connectivity index (χ1v) is 2.70. The highest BCUT2D eigenvalue weighted by Gasteiger charge is 2.15. The molecule has 0 bridgehead atoms. The van der Waals surface area contributed by atoms with Crippen LogP contribution in [0.15, 0.2) is 0 Å². The highest BCUT2D eigenvalue weighted by atomic mass is 32.2. The van der Waals surface area contributed by atoms with Crippen molar-refractivity contribution < 1.29 is 8.94 Å². The Bertz CT molecular complexity index is 131. The van der Waals surface area contributed by atoms with E-state index in [1.54, 1.807) is 0 Å². The van der Waals surface area contributed by atoms with Crippen molar-refractivity contribution in [2.75, 3.05) is 5.75 Å². The smallest absolute Gasteiger partial charge is 0.236 e. The minimum atomic E-state index is -0.0972. The highest BCUT2D eigenvalue weighted by Crippen LogP contribution is 2.04. The molecule has 0 fully saturated rings. The summed E-state index contributed by atoms with van der Waals surface area (Å²) in [6.45, 7) is 0. The number of hydrogen-bond acceptors (Lipinski definition) is 3. The molecule has 1 rings (SSSR count). The van der Waals surface area contributed by atoms with Gasteiger partial charge in [-0.05, 0) is 0 Å². The van der Waals surface area contributed by atoms with Crippen LogP contribution in [0.3, 0.4) is 0 Å². The molecule has 1 aliphatic rings. The Labute approximate surface area is 44.7 Å². The highest BCUT2D eigenvalue weighted by molar-refractivity contribution is 7.94.